The van der Waals surface area contributed by atoms with E-state index in [0.29, 0.717) is 5.56 Å². The molecule has 44 heavy (non-hydrogen) atoms. The van der Waals surface area contributed by atoms with Crippen molar-refractivity contribution < 1.29 is 68.1 Å². The molecule has 0 bridgehead atoms. The van der Waals surface area contributed by atoms with Crippen molar-refractivity contribution in [2.75, 3.05) is 12.4 Å². The number of aliphatic hydroxyl groups is 1. The summed E-state index contributed by atoms with van der Waals surface area (Å²) in [7, 11) is 1.01. The van der Waals surface area contributed by atoms with Crippen molar-refractivity contribution in [1.82, 2.24) is 5.32 Å². The minimum absolute atomic E-state index is 0.0141. The Balaban J connectivity index is 2.50. The molecule has 16 nitrogen and oxygen atoms in total. The molecule has 1 aliphatic heterocycles. The fourth-order valence-corrected chi connectivity index (χ4v) is 4.75. The Morgan fingerprint density at radius 1 is 0.932 bits per heavy atom. The number of benzene rings is 1. The number of amides is 2. The molecule has 0 unspecified atom stereocenters. The summed E-state index contributed by atoms with van der Waals surface area (Å²) in [6.45, 7) is 5.84. The lowest BCUT2D eigenvalue weighted by atomic mass is 9.71. The maximum atomic E-state index is 12.9. The highest BCUT2D eigenvalue weighted by atomic mass is 16.7. The molecule has 6 atom stereocenters. The number of aliphatic carboxylic acids is 3. The molecular weight excluding hydrogens is 588 g/mol. The average molecular weight is 627 g/mol. The van der Waals surface area contributed by atoms with Crippen LogP contribution in [0.3, 0.4) is 0 Å². The fraction of sp³-hybridized carbons (Fsp3) is 0.571. The predicted octanol–water partition coefficient (Wildman–Crippen LogP) is 1.58. The van der Waals surface area contributed by atoms with Gasteiger partial charge < -0.3 is 50.0 Å². The van der Waals surface area contributed by atoms with Gasteiger partial charge in [-0.15, -0.1) is 0 Å². The Kier molecular flexibility index (Phi) is 12.5. The second-order valence-corrected chi connectivity index (χ2v) is 11.2. The lowest BCUT2D eigenvalue weighted by molar-refractivity contribution is -0.233. The van der Waals surface area contributed by atoms with E-state index in [9.17, 15) is 49.2 Å². The number of carbonyl (C=O) groups is 6. The molecular formula is C28H38N2O14. The van der Waals surface area contributed by atoms with Gasteiger partial charge in [0, 0.05) is 18.3 Å². The molecule has 1 aliphatic rings. The zero-order chi connectivity index (χ0) is 33.4. The first kappa shape index (κ1) is 35.8. The fourth-order valence-electron chi connectivity index (χ4n) is 4.75. The van der Waals surface area contributed by atoms with E-state index in [0.717, 1.165) is 7.11 Å². The van der Waals surface area contributed by atoms with Crippen molar-refractivity contribution >= 4 is 41.6 Å². The molecule has 0 radical (unpaired) electrons. The number of esters is 1. The molecule has 16 heteroatoms. The van der Waals surface area contributed by atoms with Crippen LogP contribution in [0.15, 0.2) is 18.2 Å². The first-order valence-electron chi connectivity index (χ1n) is 13.5. The predicted molar refractivity (Wildman–Crippen MR) is 148 cm³/mol. The molecule has 0 spiro atoms. The molecule has 1 heterocycles. The number of ether oxygens (including phenoxy) is 4. The minimum atomic E-state index is -1.65. The first-order chi connectivity index (χ1) is 20.4. The molecule has 0 aromatic heterocycles. The number of hydrogen-bond donors (Lipinski definition) is 6. The van der Waals surface area contributed by atoms with Crippen molar-refractivity contribution in [1.29, 1.82) is 0 Å². The van der Waals surface area contributed by atoms with Crippen LogP contribution in [0.2, 0.25) is 0 Å². The third kappa shape index (κ3) is 10.4. The molecule has 244 valence electrons. The molecule has 1 fully saturated rings. The lowest BCUT2D eigenvalue weighted by Crippen LogP contribution is -2.54. The Hall–Kier alpha value is -4.44. The number of rotatable bonds is 13. The smallest absolute Gasteiger partial charge is 0.408 e. The van der Waals surface area contributed by atoms with Gasteiger partial charge >= 0.3 is 30.0 Å². The molecule has 0 saturated carbocycles. The van der Waals surface area contributed by atoms with Gasteiger partial charge in [0.1, 0.15) is 17.4 Å². The van der Waals surface area contributed by atoms with E-state index in [2.05, 4.69) is 10.6 Å². The number of hydrogen-bond acceptors (Lipinski definition) is 11. The Morgan fingerprint density at radius 3 is 2.02 bits per heavy atom. The van der Waals surface area contributed by atoms with Crippen molar-refractivity contribution in [2.24, 2.45) is 17.8 Å². The van der Waals surface area contributed by atoms with Crippen LogP contribution in [0, 0.1) is 17.8 Å². The molecule has 1 saturated heterocycles. The summed E-state index contributed by atoms with van der Waals surface area (Å²) in [6.07, 6.45) is -6.33. The third-order valence-electron chi connectivity index (χ3n) is 6.64. The number of carbonyl (C=O) groups excluding carboxylic acids is 3. The second kappa shape index (κ2) is 15.3. The Bertz CT molecular complexity index is 1240. The summed E-state index contributed by atoms with van der Waals surface area (Å²) in [5.41, 5.74) is -0.545. The van der Waals surface area contributed by atoms with E-state index in [-0.39, 0.29) is 11.4 Å². The van der Waals surface area contributed by atoms with E-state index >= 15 is 0 Å². The van der Waals surface area contributed by atoms with E-state index in [1.807, 2.05) is 0 Å². The number of anilines is 1. The van der Waals surface area contributed by atoms with Gasteiger partial charge in [-0.2, -0.15) is 0 Å². The van der Waals surface area contributed by atoms with Gasteiger partial charge in [0.25, 0.3) is 0 Å². The molecule has 2 rings (SSSR count). The monoisotopic (exact) mass is 626 g/mol. The van der Waals surface area contributed by atoms with Crippen LogP contribution in [0.1, 0.15) is 52.5 Å². The molecule has 0 aliphatic carbocycles. The van der Waals surface area contributed by atoms with E-state index in [4.69, 9.17) is 18.9 Å². The van der Waals surface area contributed by atoms with Gasteiger partial charge in [-0.05, 0) is 51.3 Å². The maximum absolute atomic E-state index is 12.9. The molecule has 1 aromatic rings. The summed E-state index contributed by atoms with van der Waals surface area (Å²) in [5.74, 6) is -9.88. The van der Waals surface area contributed by atoms with Crippen molar-refractivity contribution in [2.45, 2.75) is 77.6 Å². The summed E-state index contributed by atoms with van der Waals surface area (Å²) in [6, 6.07) is 2.98. The zero-order valence-electron chi connectivity index (χ0n) is 24.9. The largest absolute Gasteiger partial charge is 0.481 e. The number of carboxylic acid groups (broad SMARTS) is 3. The molecule has 1 aromatic carbocycles. The number of methoxy groups -OCH3 is 1. The van der Waals surface area contributed by atoms with Crippen LogP contribution in [0.4, 0.5) is 10.5 Å². The quantitative estimate of drug-likeness (QED) is 0.170. The van der Waals surface area contributed by atoms with Crippen molar-refractivity contribution in [3.63, 3.8) is 0 Å². The Morgan fingerprint density at radius 2 is 1.50 bits per heavy atom. The van der Waals surface area contributed by atoms with E-state index in [1.165, 1.54) is 25.1 Å². The van der Waals surface area contributed by atoms with Crippen LogP contribution in [0.25, 0.3) is 0 Å². The zero-order valence-corrected chi connectivity index (χ0v) is 24.9. The van der Waals surface area contributed by atoms with Crippen LogP contribution in [-0.4, -0.2) is 87.5 Å². The second-order valence-electron chi connectivity index (χ2n) is 11.2. The minimum Gasteiger partial charge on any atom is -0.481 e. The highest BCUT2D eigenvalue weighted by Crippen LogP contribution is 2.43. The summed E-state index contributed by atoms with van der Waals surface area (Å²) in [4.78, 5) is 73.1. The standard InChI is InChI=1S/C28H38N2O14/c1-13(29-27(40)44-28(2,3)4)24(38)30-18-7-6-14(12-31)8-19(18)42-26-17(11-22(36)37)15(9-20(32)33)16(10-21(34)35)23(43-26)25(39)41-5/h6-8,13,15-17,23,26,31H,9-12H2,1-5H3,(H,29,40)(H,30,38)(H,32,33)(H,34,35)(H,36,37)/t13-,15-,16-,17+,23-,26+/m0/s1. The van der Waals surface area contributed by atoms with Crippen molar-refractivity contribution in [3.8, 4) is 5.75 Å². The van der Waals surface area contributed by atoms with Crippen LogP contribution >= 0.6 is 0 Å². The topological polar surface area (TPSA) is 244 Å². The molecule has 6 N–H and O–H groups in total. The Labute approximate surface area is 252 Å². The van der Waals surface area contributed by atoms with E-state index < -0.39 is 104 Å². The van der Waals surface area contributed by atoms with Gasteiger partial charge in [0.2, 0.25) is 12.2 Å². The number of carboxylic acids is 3. The van der Waals surface area contributed by atoms with Gasteiger partial charge in [-0.3, -0.25) is 19.2 Å². The number of aliphatic hydroxyl groups excluding tert-OH is 1. The highest BCUT2D eigenvalue weighted by molar-refractivity contribution is 5.97. The SMILES string of the molecule is COC(=O)[C@H]1O[C@@H](Oc2cc(CO)ccc2NC(=O)[C@H](C)NC(=O)OC(C)(C)C)[C@H](CC(=O)O)[C@@H](CC(=O)O)[C@@H]1CC(=O)O. The number of nitrogens with one attached hydrogen (secondary N) is 2. The lowest BCUT2D eigenvalue weighted by Gasteiger charge is -2.44. The third-order valence-corrected chi connectivity index (χ3v) is 6.64. The van der Waals surface area contributed by atoms with Gasteiger partial charge in [-0.25, -0.2) is 9.59 Å². The van der Waals surface area contributed by atoms with Crippen molar-refractivity contribution in [3.05, 3.63) is 23.8 Å². The summed E-state index contributed by atoms with van der Waals surface area (Å²) < 4.78 is 21.7. The van der Waals surface area contributed by atoms with Crippen LogP contribution in [-0.2, 0) is 44.8 Å². The van der Waals surface area contributed by atoms with Crippen LogP contribution < -0.4 is 15.4 Å². The maximum Gasteiger partial charge on any atom is 0.408 e. The molecule has 2 amide bonds. The average Bonchev–Trinajstić information content (AvgIpc) is 2.90. The van der Waals surface area contributed by atoms with Crippen LogP contribution in [0.5, 0.6) is 5.75 Å². The van der Waals surface area contributed by atoms with Gasteiger partial charge in [-0.1, -0.05) is 6.07 Å². The summed E-state index contributed by atoms with van der Waals surface area (Å²) >= 11 is 0. The van der Waals surface area contributed by atoms with Gasteiger partial charge in [0.15, 0.2) is 6.10 Å². The van der Waals surface area contributed by atoms with E-state index in [1.54, 1.807) is 20.8 Å². The highest BCUT2D eigenvalue weighted by Gasteiger charge is 2.52. The number of alkyl carbamates (subject to hydrolysis) is 1. The normalized spacial score (nSPS) is 22.2. The first-order valence-corrected chi connectivity index (χ1v) is 13.5. The van der Waals surface area contributed by atoms with Gasteiger partial charge in [0.05, 0.1) is 32.2 Å². The summed E-state index contributed by atoms with van der Waals surface area (Å²) in [5, 5.41) is 43.4.